The van der Waals surface area contributed by atoms with Gasteiger partial charge in [-0.3, -0.25) is 9.36 Å². The highest BCUT2D eigenvalue weighted by Gasteiger charge is 2.18. The summed E-state index contributed by atoms with van der Waals surface area (Å²) >= 11 is 1.35. The summed E-state index contributed by atoms with van der Waals surface area (Å²) in [5.41, 5.74) is 0.257. The standard InChI is InChI=1S/C16H25N4O5PS/c1-6-7-19(15(21)14-12-17-16(27-5)18-13-14)8-10-24-26(22,23)25-11-9-20(2,3)4/h1,12-13H,7-11H2,2-5H3. The van der Waals surface area contributed by atoms with Crippen LogP contribution in [-0.2, 0) is 13.6 Å². The number of nitrogens with zero attached hydrogens (tertiary/aromatic N) is 4. The molecule has 0 saturated heterocycles. The molecule has 1 aromatic rings. The van der Waals surface area contributed by atoms with E-state index in [-0.39, 0.29) is 31.9 Å². The van der Waals surface area contributed by atoms with Gasteiger partial charge in [0.05, 0.1) is 39.9 Å². The van der Waals surface area contributed by atoms with Crippen molar-refractivity contribution in [3.63, 3.8) is 0 Å². The molecule has 1 atom stereocenters. The molecule has 1 rings (SSSR count). The minimum absolute atomic E-state index is 0.00199. The van der Waals surface area contributed by atoms with Crippen LogP contribution in [0.4, 0.5) is 0 Å². The number of rotatable bonds is 11. The van der Waals surface area contributed by atoms with E-state index in [1.807, 2.05) is 27.4 Å². The van der Waals surface area contributed by atoms with Gasteiger partial charge in [0.25, 0.3) is 13.7 Å². The van der Waals surface area contributed by atoms with Crippen molar-refractivity contribution in [2.75, 3.05) is 60.2 Å². The molecule has 150 valence electrons. The smallest absolute Gasteiger partial charge is 0.268 e. The lowest BCUT2D eigenvalue weighted by atomic mass is 10.3. The molecule has 1 heterocycles. The summed E-state index contributed by atoms with van der Waals surface area (Å²) in [6, 6.07) is 0. The second kappa shape index (κ2) is 10.8. The van der Waals surface area contributed by atoms with E-state index in [9.17, 15) is 14.3 Å². The molecule has 0 N–H and O–H groups in total. The topological polar surface area (TPSA) is 105 Å². The van der Waals surface area contributed by atoms with Crippen LogP contribution in [-0.4, -0.2) is 85.5 Å². The molecular weight excluding hydrogens is 391 g/mol. The second-order valence-corrected chi connectivity index (χ2v) is 8.70. The zero-order valence-electron chi connectivity index (χ0n) is 16.0. The molecule has 1 amide bonds. The van der Waals surface area contributed by atoms with E-state index < -0.39 is 13.7 Å². The fourth-order valence-corrected chi connectivity index (χ4v) is 2.81. The van der Waals surface area contributed by atoms with Crippen molar-refractivity contribution in [3.8, 4) is 12.3 Å². The van der Waals surface area contributed by atoms with E-state index in [0.717, 1.165) is 0 Å². The third-order valence-electron chi connectivity index (χ3n) is 3.25. The van der Waals surface area contributed by atoms with Gasteiger partial charge in [-0.05, 0) is 6.26 Å². The lowest BCUT2D eigenvalue weighted by Gasteiger charge is -2.28. The van der Waals surface area contributed by atoms with Crippen LogP contribution in [0.1, 0.15) is 10.4 Å². The number of amides is 1. The van der Waals surface area contributed by atoms with E-state index in [4.69, 9.17) is 15.5 Å². The van der Waals surface area contributed by atoms with Crippen molar-refractivity contribution >= 4 is 25.5 Å². The number of hydrogen-bond acceptors (Lipinski definition) is 8. The van der Waals surface area contributed by atoms with Crippen LogP contribution in [0.15, 0.2) is 17.6 Å². The molecule has 0 aliphatic carbocycles. The summed E-state index contributed by atoms with van der Waals surface area (Å²) in [6.07, 6.45) is 9.92. The highest BCUT2D eigenvalue weighted by atomic mass is 32.2. The van der Waals surface area contributed by atoms with Gasteiger partial charge in [0.15, 0.2) is 5.16 Å². The van der Waals surface area contributed by atoms with Crippen molar-refractivity contribution < 1.29 is 27.8 Å². The number of terminal acetylenes is 1. The molecule has 0 fully saturated rings. The predicted molar refractivity (Wildman–Crippen MR) is 101 cm³/mol. The zero-order chi connectivity index (χ0) is 20.5. The van der Waals surface area contributed by atoms with Gasteiger partial charge in [0, 0.05) is 18.9 Å². The molecule has 0 aliphatic rings. The van der Waals surface area contributed by atoms with Gasteiger partial charge in [-0.1, -0.05) is 17.7 Å². The number of carbonyl (C=O) groups is 1. The number of hydrogen-bond donors (Lipinski definition) is 0. The fourth-order valence-electron chi connectivity index (χ4n) is 1.80. The number of phosphoric acid groups is 1. The Bertz CT molecular complexity index is 702. The lowest BCUT2D eigenvalue weighted by molar-refractivity contribution is -0.870. The molecule has 0 radical (unpaired) electrons. The Morgan fingerprint density at radius 2 is 1.93 bits per heavy atom. The number of aromatic nitrogens is 2. The number of quaternary nitrogens is 1. The van der Waals surface area contributed by atoms with Crippen molar-refractivity contribution in [2.45, 2.75) is 5.16 Å². The first kappa shape index (κ1) is 23.6. The Morgan fingerprint density at radius 3 is 2.44 bits per heavy atom. The third-order valence-corrected chi connectivity index (χ3v) is 4.82. The molecule has 0 spiro atoms. The molecule has 27 heavy (non-hydrogen) atoms. The Hall–Kier alpha value is -1.47. The van der Waals surface area contributed by atoms with Crippen LogP contribution < -0.4 is 4.89 Å². The number of thioether (sulfide) groups is 1. The van der Waals surface area contributed by atoms with Crippen molar-refractivity contribution in [1.82, 2.24) is 14.9 Å². The first-order chi connectivity index (χ1) is 12.6. The van der Waals surface area contributed by atoms with E-state index in [1.54, 1.807) is 0 Å². The summed E-state index contributed by atoms with van der Waals surface area (Å²) in [5.74, 6) is 1.96. The average Bonchev–Trinajstić information content (AvgIpc) is 2.59. The van der Waals surface area contributed by atoms with Gasteiger partial charge in [-0.25, -0.2) is 9.97 Å². The Kier molecular flexibility index (Phi) is 9.39. The lowest BCUT2D eigenvalue weighted by Crippen LogP contribution is -2.37. The first-order valence-corrected chi connectivity index (χ1v) is 10.8. The fraction of sp³-hybridized carbons (Fsp3) is 0.562. The maximum absolute atomic E-state index is 12.5. The monoisotopic (exact) mass is 416 g/mol. The summed E-state index contributed by atoms with van der Waals surface area (Å²) in [4.78, 5) is 33.6. The molecule has 9 nitrogen and oxygen atoms in total. The Morgan fingerprint density at radius 1 is 1.33 bits per heavy atom. The van der Waals surface area contributed by atoms with Gasteiger partial charge in [-0.15, -0.1) is 6.42 Å². The first-order valence-electron chi connectivity index (χ1n) is 8.07. The third kappa shape index (κ3) is 9.33. The quantitative estimate of drug-likeness (QED) is 0.169. The van der Waals surface area contributed by atoms with E-state index >= 15 is 0 Å². The minimum atomic E-state index is -4.44. The number of likely N-dealkylation sites (N-methyl/N-ethyl adjacent to an activating group) is 1. The normalized spacial score (nSPS) is 13.6. The zero-order valence-corrected chi connectivity index (χ0v) is 17.7. The largest absolute Gasteiger partial charge is 0.756 e. The van der Waals surface area contributed by atoms with Crippen molar-refractivity contribution in [1.29, 1.82) is 0 Å². The van der Waals surface area contributed by atoms with Crippen LogP contribution in [0.25, 0.3) is 0 Å². The molecule has 1 unspecified atom stereocenters. The number of carbonyl (C=O) groups excluding carboxylic acids is 1. The van der Waals surface area contributed by atoms with Crippen LogP contribution in [0.2, 0.25) is 0 Å². The van der Waals surface area contributed by atoms with E-state index in [2.05, 4.69) is 15.9 Å². The van der Waals surface area contributed by atoms with Crippen LogP contribution in [0.3, 0.4) is 0 Å². The minimum Gasteiger partial charge on any atom is -0.756 e. The van der Waals surface area contributed by atoms with E-state index in [0.29, 0.717) is 16.2 Å². The highest BCUT2D eigenvalue weighted by Crippen LogP contribution is 2.37. The van der Waals surface area contributed by atoms with Gasteiger partial charge in [0.2, 0.25) is 0 Å². The predicted octanol–water partition coefficient (Wildman–Crippen LogP) is 0.482. The summed E-state index contributed by atoms with van der Waals surface area (Å²) in [7, 11) is 1.30. The molecular formula is C16H25N4O5PS. The average molecular weight is 416 g/mol. The number of phosphoric ester groups is 1. The summed E-state index contributed by atoms with van der Waals surface area (Å²) < 4.78 is 22.0. The molecule has 0 aromatic carbocycles. The SMILES string of the molecule is C#CCN(CCOP(=O)([O-])OCC[N+](C)(C)C)C(=O)c1cnc(SC)nc1. The van der Waals surface area contributed by atoms with Gasteiger partial charge in [-0.2, -0.15) is 0 Å². The van der Waals surface area contributed by atoms with Gasteiger partial charge in [0.1, 0.15) is 13.2 Å². The molecule has 0 saturated carbocycles. The van der Waals surface area contributed by atoms with Crippen molar-refractivity contribution in [3.05, 3.63) is 18.0 Å². The Labute approximate surface area is 164 Å². The van der Waals surface area contributed by atoms with Crippen LogP contribution in [0.5, 0.6) is 0 Å². The highest BCUT2D eigenvalue weighted by molar-refractivity contribution is 7.98. The molecule has 11 heteroatoms. The van der Waals surface area contributed by atoms with Gasteiger partial charge >= 0.3 is 0 Å². The van der Waals surface area contributed by atoms with E-state index in [1.165, 1.54) is 29.1 Å². The maximum Gasteiger partial charge on any atom is 0.268 e. The van der Waals surface area contributed by atoms with Crippen LogP contribution >= 0.6 is 19.6 Å². The van der Waals surface area contributed by atoms with Crippen molar-refractivity contribution in [2.24, 2.45) is 0 Å². The summed E-state index contributed by atoms with van der Waals surface area (Å²) in [5, 5.41) is 0.539. The maximum atomic E-state index is 12.5. The molecule has 0 bridgehead atoms. The molecule has 0 aliphatic heterocycles. The summed E-state index contributed by atoms with van der Waals surface area (Å²) in [6.45, 7) is 0.234. The Balaban J connectivity index is 2.57. The molecule has 1 aromatic heterocycles. The van der Waals surface area contributed by atoms with Gasteiger partial charge < -0.3 is 23.3 Å². The van der Waals surface area contributed by atoms with Crippen LogP contribution in [0, 0.1) is 12.3 Å². The second-order valence-electron chi connectivity index (χ2n) is 6.52.